The van der Waals surface area contributed by atoms with Gasteiger partial charge >= 0.3 is 0 Å². The highest BCUT2D eigenvalue weighted by molar-refractivity contribution is 8.00. The van der Waals surface area contributed by atoms with Crippen molar-refractivity contribution in [2.75, 3.05) is 16.8 Å². The predicted molar refractivity (Wildman–Crippen MR) is 128 cm³/mol. The molecule has 1 unspecified atom stereocenters. The Morgan fingerprint density at radius 1 is 0.938 bits per heavy atom. The molecule has 7 heteroatoms. The molecule has 2 heterocycles. The van der Waals surface area contributed by atoms with Crippen molar-refractivity contribution in [1.82, 2.24) is 10.2 Å². The van der Waals surface area contributed by atoms with E-state index in [-0.39, 0.29) is 18.4 Å². The zero-order chi connectivity index (χ0) is 22.1. The SMILES string of the molecule is CC(Sc1nnc(-c2ccccc2)c2ccccc12)C(=O)N1CC(=O)Nc2ccccc21. The van der Waals surface area contributed by atoms with Crippen LogP contribution in [0.2, 0.25) is 0 Å². The van der Waals surface area contributed by atoms with Crippen molar-refractivity contribution in [3.05, 3.63) is 78.9 Å². The zero-order valence-electron chi connectivity index (χ0n) is 17.4. The van der Waals surface area contributed by atoms with Crippen LogP contribution < -0.4 is 10.2 Å². The summed E-state index contributed by atoms with van der Waals surface area (Å²) in [5.74, 6) is -0.345. The molecule has 1 N–H and O–H groups in total. The predicted octanol–water partition coefficient (Wildman–Crippen LogP) is 4.76. The van der Waals surface area contributed by atoms with Crippen LogP contribution in [0.25, 0.3) is 22.0 Å². The molecule has 0 spiro atoms. The van der Waals surface area contributed by atoms with Gasteiger partial charge in [-0.25, -0.2) is 0 Å². The number of carbonyl (C=O) groups is 2. The minimum absolute atomic E-state index is 0.000117. The van der Waals surface area contributed by atoms with Gasteiger partial charge in [-0.2, -0.15) is 0 Å². The largest absolute Gasteiger partial charge is 0.323 e. The van der Waals surface area contributed by atoms with Crippen LogP contribution in [0.1, 0.15) is 6.92 Å². The normalized spacial score (nSPS) is 14.0. The highest BCUT2D eigenvalue weighted by atomic mass is 32.2. The minimum Gasteiger partial charge on any atom is -0.323 e. The first-order valence-electron chi connectivity index (χ1n) is 10.3. The maximum Gasteiger partial charge on any atom is 0.244 e. The number of para-hydroxylation sites is 2. The van der Waals surface area contributed by atoms with E-state index in [9.17, 15) is 9.59 Å². The van der Waals surface area contributed by atoms with Crippen molar-refractivity contribution in [3.63, 3.8) is 0 Å². The van der Waals surface area contributed by atoms with Crippen molar-refractivity contribution in [2.45, 2.75) is 17.2 Å². The fourth-order valence-corrected chi connectivity index (χ4v) is 4.80. The molecule has 2 amide bonds. The van der Waals surface area contributed by atoms with Gasteiger partial charge in [0.1, 0.15) is 17.3 Å². The number of fused-ring (bicyclic) bond motifs is 2. The van der Waals surface area contributed by atoms with Crippen LogP contribution in [0, 0.1) is 0 Å². The first kappa shape index (κ1) is 20.2. The highest BCUT2D eigenvalue weighted by Crippen LogP contribution is 2.35. The number of nitrogens with zero attached hydrogens (tertiary/aromatic N) is 3. The van der Waals surface area contributed by atoms with Crippen LogP contribution in [0.5, 0.6) is 0 Å². The number of rotatable bonds is 4. The molecule has 5 rings (SSSR count). The third-order valence-electron chi connectivity index (χ3n) is 5.37. The molecule has 1 aromatic heterocycles. The average Bonchev–Trinajstić information content (AvgIpc) is 2.83. The Labute approximate surface area is 189 Å². The van der Waals surface area contributed by atoms with Crippen LogP contribution in [-0.4, -0.2) is 33.8 Å². The van der Waals surface area contributed by atoms with E-state index in [2.05, 4.69) is 15.5 Å². The monoisotopic (exact) mass is 440 g/mol. The average molecular weight is 441 g/mol. The third kappa shape index (κ3) is 3.71. The lowest BCUT2D eigenvalue weighted by Gasteiger charge is -2.30. The number of carbonyl (C=O) groups excluding carboxylic acids is 2. The van der Waals surface area contributed by atoms with E-state index >= 15 is 0 Å². The Kier molecular flexibility index (Phi) is 5.33. The second kappa shape index (κ2) is 8.43. The first-order chi connectivity index (χ1) is 15.6. The zero-order valence-corrected chi connectivity index (χ0v) is 18.2. The van der Waals surface area contributed by atoms with Gasteiger partial charge < -0.3 is 5.32 Å². The van der Waals surface area contributed by atoms with E-state index in [1.165, 1.54) is 11.8 Å². The van der Waals surface area contributed by atoms with E-state index in [4.69, 9.17) is 0 Å². The molecule has 0 saturated heterocycles. The standard InChI is InChI=1S/C25H20N4O2S/c1-16(25(31)29-15-22(30)26-20-13-7-8-14-21(20)29)32-24-19-12-6-5-11-18(19)23(27-28-24)17-9-3-2-4-10-17/h2-14,16H,15H2,1H3,(H,26,30). The van der Waals surface area contributed by atoms with E-state index in [1.54, 1.807) is 11.0 Å². The summed E-state index contributed by atoms with van der Waals surface area (Å²) in [6.07, 6.45) is 0. The van der Waals surface area contributed by atoms with Crippen molar-refractivity contribution in [1.29, 1.82) is 0 Å². The maximum atomic E-state index is 13.3. The van der Waals surface area contributed by atoms with Crippen molar-refractivity contribution >= 4 is 45.7 Å². The van der Waals surface area contributed by atoms with Gasteiger partial charge in [-0.05, 0) is 19.1 Å². The van der Waals surface area contributed by atoms with Gasteiger partial charge in [0.05, 0.1) is 16.6 Å². The van der Waals surface area contributed by atoms with Gasteiger partial charge in [-0.15, -0.1) is 10.2 Å². The number of thioether (sulfide) groups is 1. The van der Waals surface area contributed by atoms with E-state index in [0.717, 1.165) is 22.0 Å². The molecule has 0 radical (unpaired) electrons. The summed E-state index contributed by atoms with van der Waals surface area (Å²) in [4.78, 5) is 27.0. The van der Waals surface area contributed by atoms with Crippen molar-refractivity contribution in [2.24, 2.45) is 0 Å². The molecule has 0 bridgehead atoms. The van der Waals surface area contributed by atoms with Gasteiger partial charge in [-0.3, -0.25) is 14.5 Å². The first-order valence-corrected chi connectivity index (χ1v) is 11.2. The third-order valence-corrected chi connectivity index (χ3v) is 6.45. The number of nitrogens with one attached hydrogen (secondary N) is 1. The number of anilines is 2. The fraction of sp³-hybridized carbons (Fsp3) is 0.120. The fourth-order valence-electron chi connectivity index (χ4n) is 3.84. The Morgan fingerprint density at radius 2 is 1.62 bits per heavy atom. The number of benzene rings is 3. The minimum atomic E-state index is -0.450. The Balaban J connectivity index is 1.47. The van der Waals surface area contributed by atoms with Gasteiger partial charge in [0.2, 0.25) is 11.8 Å². The smallest absolute Gasteiger partial charge is 0.244 e. The quantitative estimate of drug-likeness (QED) is 0.463. The Morgan fingerprint density at radius 3 is 2.44 bits per heavy atom. The van der Waals surface area contributed by atoms with E-state index in [0.29, 0.717) is 16.4 Å². The molecule has 1 aliphatic heterocycles. The summed E-state index contributed by atoms with van der Waals surface area (Å²) in [6, 6.07) is 25.2. The summed E-state index contributed by atoms with van der Waals surface area (Å²) in [5.41, 5.74) is 3.16. The topological polar surface area (TPSA) is 75.2 Å². The lowest BCUT2D eigenvalue weighted by molar-refractivity contribution is -0.121. The highest BCUT2D eigenvalue weighted by Gasteiger charge is 2.30. The molecule has 32 heavy (non-hydrogen) atoms. The van der Waals surface area contributed by atoms with Crippen molar-refractivity contribution in [3.8, 4) is 11.3 Å². The number of amides is 2. The maximum absolute atomic E-state index is 13.3. The lowest BCUT2D eigenvalue weighted by Crippen LogP contribution is -2.45. The molecular weight excluding hydrogens is 420 g/mol. The second-order valence-corrected chi connectivity index (χ2v) is 8.84. The van der Waals surface area contributed by atoms with Crippen LogP contribution in [-0.2, 0) is 9.59 Å². The number of hydrogen-bond acceptors (Lipinski definition) is 5. The molecule has 1 aliphatic rings. The summed E-state index contributed by atoms with van der Waals surface area (Å²) in [6.45, 7) is 1.84. The van der Waals surface area contributed by atoms with Gasteiger partial charge in [0.15, 0.2) is 0 Å². The Hall–Kier alpha value is -3.71. The van der Waals surface area contributed by atoms with Gasteiger partial charge in [0.25, 0.3) is 0 Å². The molecule has 3 aromatic carbocycles. The summed E-state index contributed by atoms with van der Waals surface area (Å²) in [5, 5.41) is 14.0. The molecule has 4 aromatic rings. The summed E-state index contributed by atoms with van der Waals surface area (Å²) in [7, 11) is 0. The molecule has 1 atom stereocenters. The molecule has 0 aliphatic carbocycles. The molecule has 158 valence electrons. The van der Waals surface area contributed by atoms with Crippen LogP contribution >= 0.6 is 11.8 Å². The summed E-state index contributed by atoms with van der Waals surface area (Å²) < 4.78 is 0. The van der Waals surface area contributed by atoms with Crippen molar-refractivity contribution < 1.29 is 9.59 Å². The van der Waals surface area contributed by atoms with E-state index < -0.39 is 5.25 Å². The van der Waals surface area contributed by atoms with Gasteiger partial charge in [-0.1, -0.05) is 78.5 Å². The van der Waals surface area contributed by atoms with E-state index in [1.807, 2.05) is 79.7 Å². The number of aromatic nitrogens is 2. The van der Waals surface area contributed by atoms with Crippen LogP contribution in [0.3, 0.4) is 0 Å². The molecular formula is C25H20N4O2S. The number of hydrogen-bond donors (Lipinski definition) is 1. The summed E-state index contributed by atoms with van der Waals surface area (Å²) >= 11 is 1.36. The lowest BCUT2D eigenvalue weighted by atomic mass is 10.1. The Bertz CT molecular complexity index is 1330. The van der Waals surface area contributed by atoms with Crippen LogP contribution in [0.15, 0.2) is 83.9 Å². The van der Waals surface area contributed by atoms with Crippen LogP contribution in [0.4, 0.5) is 11.4 Å². The molecule has 0 saturated carbocycles. The molecule has 6 nitrogen and oxygen atoms in total. The second-order valence-electron chi connectivity index (χ2n) is 7.52. The van der Waals surface area contributed by atoms with Gasteiger partial charge in [0, 0.05) is 16.3 Å². The molecule has 0 fully saturated rings.